The summed E-state index contributed by atoms with van der Waals surface area (Å²) in [6.45, 7) is -0.280. The summed E-state index contributed by atoms with van der Waals surface area (Å²) in [6.07, 6.45) is 5.49. The number of nitrogens with zero attached hydrogens (tertiary/aromatic N) is 2. The SMILES string of the molecule is COC[C@@H]1NC(=O)CC/C=C\[C@@H]2O[C@@]34C=CCN(c5ccc(Cl)cc5)C(=O)[C@@H]3N([C@H](CO)c3ccccc3)C(=O)[C@H]4[C@@H]2C(=O)O[C@H]1c1ccccc1. The Morgan fingerprint density at radius 1 is 0.962 bits per heavy atom. The van der Waals surface area contributed by atoms with Gasteiger partial charge in [0, 0.05) is 30.8 Å². The number of halogens is 1. The lowest BCUT2D eigenvalue weighted by Gasteiger charge is -2.38. The second-order valence-electron chi connectivity index (χ2n) is 13.4. The van der Waals surface area contributed by atoms with Gasteiger partial charge in [0.1, 0.15) is 23.7 Å². The minimum absolute atomic E-state index is 0.0498. The highest BCUT2D eigenvalue weighted by Gasteiger charge is 2.72. The van der Waals surface area contributed by atoms with Crippen LogP contribution in [-0.4, -0.2) is 84.4 Å². The maximum Gasteiger partial charge on any atom is 0.313 e. The van der Waals surface area contributed by atoms with Crippen molar-refractivity contribution in [3.8, 4) is 0 Å². The number of rotatable bonds is 7. The fourth-order valence-electron chi connectivity index (χ4n) is 8.05. The number of anilines is 1. The summed E-state index contributed by atoms with van der Waals surface area (Å²) < 4.78 is 18.7. The zero-order valence-electron chi connectivity index (χ0n) is 28.5. The molecule has 2 saturated heterocycles. The summed E-state index contributed by atoms with van der Waals surface area (Å²) in [5, 5.41) is 14.4. The summed E-state index contributed by atoms with van der Waals surface area (Å²) >= 11 is 6.19. The number of fused-ring (bicyclic) bond motifs is 2. The normalized spacial score (nSPS) is 30.2. The summed E-state index contributed by atoms with van der Waals surface area (Å²) in [5.41, 5.74) is 0.190. The van der Waals surface area contributed by atoms with Crippen molar-refractivity contribution in [1.29, 1.82) is 0 Å². The molecule has 0 bridgehead atoms. The molecule has 270 valence electrons. The van der Waals surface area contributed by atoms with E-state index in [9.17, 15) is 19.5 Å². The molecule has 0 aromatic heterocycles. The van der Waals surface area contributed by atoms with Crippen molar-refractivity contribution >= 4 is 41.0 Å². The molecule has 0 radical (unpaired) electrons. The number of hydrogen-bond donors (Lipinski definition) is 2. The average molecular weight is 726 g/mol. The van der Waals surface area contributed by atoms with E-state index in [4.69, 9.17) is 25.8 Å². The highest BCUT2D eigenvalue weighted by molar-refractivity contribution is 6.30. The Kier molecular flexibility index (Phi) is 10.3. The van der Waals surface area contributed by atoms with E-state index in [0.29, 0.717) is 28.3 Å². The van der Waals surface area contributed by atoms with Gasteiger partial charge < -0.3 is 34.4 Å². The van der Waals surface area contributed by atoms with Crippen molar-refractivity contribution < 1.29 is 38.5 Å². The molecule has 3 amide bonds. The van der Waals surface area contributed by atoms with Gasteiger partial charge in [0.25, 0.3) is 5.91 Å². The van der Waals surface area contributed by atoms with E-state index < -0.39 is 72.2 Å². The Bertz CT molecular complexity index is 1860. The van der Waals surface area contributed by atoms with Gasteiger partial charge >= 0.3 is 5.97 Å². The lowest BCUT2D eigenvalue weighted by atomic mass is 9.77. The summed E-state index contributed by atoms with van der Waals surface area (Å²) in [6, 6.07) is 21.9. The van der Waals surface area contributed by atoms with Crippen LogP contribution in [0.2, 0.25) is 5.02 Å². The van der Waals surface area contributed by atoms with Crippen molar-refractivity contribution in [2.45, 2.75) is 48.8 Å². The predicted molar refractivity (Wildman–Crippen MR) is 192 cm³/mol. The number of hydrogen-bond acceptors (Lipinski definition) is 8. The van der Waals surface area contributed by atoms with Gasteiger partial charge in [-0.25, -0.2) is 0 Å². The number of aliphatic hydroxyl groups is 1. The lowest BCUT2D eigenvalue weighted by Crippen LogP contribution is -2.56. The van der Waals surface area contributed by atoms with Crippen LogP contribution in [0.5, 0.6) is 0 Å². The number of carbonyl (C=O) groups excluding carboxylic acids is 4. The molecular formula is C40H40ClN3O8. The van der Waals surface area contributed by atoms with E-state index >= 15 is 4.79 Å². The van der Waals surface area contributed by atoms with Crippen LogP contribution in [0.1, 0.15) is 36.1 Å². The number of aliphatic hydroxyl groups excluding tert-OH is 1. The number of carbonyl (C=O) groups is 4. The quantitative estimate of drug-likeness (QED) is 0.272. The van der Waals surface area contributed by atoms with Crippen LogP contribution in [0.15, 0.2) is 109 Å². The van der Waals surface area contributed by atoms with E-state index in [1.165, 1.54) is 12.0 Å². The molecule has 4 aliphatic heterocycles. The second-order valence-corrected chi connectivity index (χ2v) is 13.8. The van der Waals surface area contributed by atoms with E-state index in [1.54, 1.807) is 102 Å². The number of amides is 3. The van der Waals surface area contributed by atoms with Gasteiger partial charge in [-0.3, -0.25) is 19.2 Å². The summed E-state index contributed by atoms with van der Waals surface area (Å²) in [4.78, 5) is 60.8. The second kappa shape index (κ2) is 15.0. The molecule has 8 atom stereocenters. The smallest absolute Gasteiger partial charge is 0.313 e. The van der Waals surface area contributed by atoms with Crippen LogP contribution in [0.25, 0.3) is 0 Å². The Hall–Kier alpha value is -4.81. The van der Waals surface area contributed by atoms with Crippen molar-refractivity contribution in [1.82, 2.24) is 10.2 Å². The molecule has 2 fully saturated rings. The number of likely N-dealkylation sites (tertiary alicyclic amines) is 1. The third-order valence-electron chi connectivity index (χ3n) is 10.3. The van der Waals surface area contributed by atoms with Gasteiger partial charge in [0.2, 0.25) is 11.8 Å². The molecule has 52 heavy (non-hydrogen) atoms. The van der Waals surface area contributed by atoms with E-state index in [-0.39, 0.29) is 25.5 Å². The molecule has 7 rings (SSSR count). The topological polar surface area (TPSA) is 135 Å². The van der Waals surface area contributed by atoms with Gasteiger partial charge in [-0.05, 0) is 41.8 Å². The fourth-order valence-corrected chi connectivity index (χ4v) is 8.17. The van der Waals surface area contributed by atoms with E-state index in [1.807, 2.05) is 12.1 Å². The Labute approximate surface area is 306 Å². The first-order valence-corrected chi connectivity index (χ1v) is 17.8. The van der Waals surface area contributed by atoms with Crippen LogP contribution >= 0.6 is 11.6 Å². The molecule has 12 heteroatoms. The van der Waals surface area contributed by atoms with E-state index in [0.717, 1.165) is 0 Å². The molecule has 1 spiro atoms. The minimum Gasteiger partial charge on any atom is -0.455 e. The molecule has 2 N–H and O–H groups in total. The van der Waals surface area contributed by atoms with Gasteiger partial charge in [-0.1, -0.05) is 96.6 Å². The van der Waals surface area contributed by atoms with Crippen molar-refractivity contribution in [2.24, 2.45) is 11.8 Å². The van der Waals surface area contributed by atoms with Crippen LogP contribution in [-0.2, 0) is 33.4 Å². The number of benzene rings is 3. The molecular weight excluding hydrogens is 686 g/mol. The number of esters is 1. The van der Waals surface area contributed by atoms with Crippen molar-refractivity contribution in [3.05, 3.63) is 125 Å². The molecule has 3 aromatic carbocycles. The first-order valence-electron chi connectivity index (χ1n) is 17.4. The van der Waals surface area contributed by atoms with Gasteiger partial charge in [0.05, 0.1) is 37.3 Å². The first kappa shape index (κ1) is 35.6. The Balaban J connectivity index is 1.36. The number of ether oxygens (including phenoxy) is 3. The number of nitrogens with one attached hydrogen (secondary N) is 1. The third-order valence-corrected chi connectivity index (χ3v) is 10.6. The lowest BCUT2D eigenvalue weighted by molar-refractivity contribution is -0.162. The number of cyclic esters (lactones) is 1. The van der Waals surface area contributed by atoms with Crippen molar-refractivity contribution in [3.63, 3.8) is 0 Å². The molecule has 0 aliphatic carbocycles. The minimum atomic E-state index is -1.61. The maximum atomic E-state index is 15.1. The zero-order valence-corrected chi connectivity index (χ0v) is 29.3. The first-order chi connectivity index (χ1) is 25.3. The largest absolute Gasteiger partial charge is 0.455 e. The molecule has 4 aliphatic rings. The maximum absolute atomic E-state index is 15.1. The van der Waals surface area contributed by atoms with Crippen LogP contribution in [0.3, 0.4) is 0 Å². The van der Waals surface area contributed by atoms with Gasteiger partial charge in [-0.2, -0.15) is 0 Å². The summed E-state index contributed by atoms with van der Waals surface area (Å²) in [5.74, 6) is -4.32. The average Bonchev–Trinajstić information content (AvgIpc) is 3.54. The highest BCUT2D eigenvalue weighted by Crippen LogP contribution is 2.55. The zero-order chi connectivity index (χ0) is 36.4. The van der Waals surface area contributed by atoms with Crippen LogP contribution < -0.4 is 10.2 Å². The third kappa shape index (κ3) is 6.43. The molecule has 3 aromatic rings. The van der Waals surface area contributed by atoms with Gasteiger partial charge in [0.15, 0.2) is 0 Å². The Morgan fingerprint density at radius 3 is 2.37 bits per heavy atom. The Morgan fingerprint density at radius 2 is 1.67 bits per heavy atom. The standard InChI is InChI=1S/C40H40ClN3O8/c1-50-24-29-35(26-13-6-3-7-14-26)51-39(49)33-31(15-8-9-16-32(46)42-29)52-40-21-10-22-43(28-19-17-27(41)18-20-28)38(48)36(40)44(37(47)34(33)40)30(23-45)25-11-4-2-5-12-25/h2-8,10-15,17-21,29-31,33-36,45H,9,16,22-24H2,1H3,(H,42,46)/b15-8-/t29-,30+,31-,33+,34+,35-,36-,40+/m0/s1. The van der Waals surface area contributed by atoms with E-state index in [2.05, 4.69) is 5.32 Å². The number of methoxy groups -OCH3 is 1. The molecule has 0 saturated carbocycles. The monoisotopic (exact) mass is 725 g/mol. The fraction of sp³-hybridized carbons (Fsp3) is 0.350. The van der Waals surface area contributed by atoms with Crippen molar-refractivity contribution in [2.75, 3.05) is 31.8 Å². The molecule has 11 nitrogen and oxygen atoms in total. The predicted octanol–water partition coefficient (Wildman–Crippen LogP) is 4.32. The van der Waals surface area contributed by atoms with Gasteiger partial charge in [-0.15, -0.1) is 0 Å². The molecule has 4 heterocycles. The highest BCUT2D eigenvalue weighted by atomic mass is 35.5. The van der Waals surface area contributed by atoms with Crippen LogP contribution in [0.4, 0.5) is 5.69 Å². The van der Waals surface area contributed by atoms with Crippen LogP contribution in [0, 0.1) is 11.8 Å². The molecule has 0 unspecified atom stereocenters. The number of allylic oxidation sites excluding steroid dienone is 1. The summed E-state index contributed by atoms with van der Waals surface area (Å²) in [7, 11) is 1.50.